The normalized spacial score (nSPS) is 23.8. The molecule has 0 amide bonds. The number of nitrogens with one attached hydrogen (secondary N) is 1. The van der Waals surface area contributed by atoms with E-state index in [4.69, 9.17) is 0 Å². The van der Waals surface area contributed by atoms with Crippen LogP contribution >= 0.6 is 11.8 Å². The molecule has 104 valence electrons. The van der Waals surface area contributed by atoms with Crippen LogP contribution in [0, 0.1) is 17.2 Å². The van der Waals surface area contributed by atoms with Crippen molar-refractivity contribution in [2.75, 3.05) is 0 Å². The first-order valence-corrected chi connectivity index (χ1v) is 7.85. The Morgan fingerprint density at radius 1 is 1.47 bits per heavy atom. The lowest BCUT2D eigenvalue weighted by molar-refractivity contribution is 0.573. The molecular weight excluding hydrogens is 260 g/mol. The SMILES string of the molecule is CCCn1c(SC2CCCCCC2C#N)n[nH]c1=O. The third-order valence-electron chi connectivity index (χ3n) is 3.55. The number of aromatic amines is 1. The van der Waals surface area contributed by atoms with E-state index in [0.29, 0.717) is 6.54 Å². The Morgan fingerprint density at radius 2 is 2.26 bits per heavy atom. The van der Waals surface area contributed by atoms with Crippen molar-refractivity contribution in [3.8, 4) is 6.07 Å². The van der Waals surface area contributed by atoms with E-state index in [9.17, 15) is 10.1 Å². The molecule has 0 saturated heterocycles. The second-order valence-corrected chi connectivity index (χ2v) is 6.20. The van der Waals surface area contributed by atoms with Crippen molar-refractivity contribution in [2.45, 2.75) is 62.4 Å². The summed E-state index contributed by atoms with van der Waals surface area (Å²) in [6.45, 7) is 2.72. The van der Waals surface area contributed by atoms with E-state index < -0.39 is 0 Å². The number of thioether (sulfide) groups is 1. The Morgan fingerprint density at radius 3 is 3.00 bits per heavy atom. The molecule has 1 saturated carbocycles. The third-order valence-corrected chi connectivity index (χ3v) is 4.94. The quantitative estimate of drug-likeness (QED) is 0.860. The number of nitrogens with zero attached hydrogens (tertiary/aromatic N) is 3. The Kier molecular flexibility index (Phi) is 5.08. The molecule has 19 heavy (non-hydrogen) atoms. The molecule has 2 unspecified atom stereocenters. The number of H-pyrrole nitrogens is 1. The maximum atomic E-state index is 11.7. The predicted octanol–water partition coefficient (Wildman–Crippen LogP) is 2.55. The molecular formula is C13H20N4OS. The van der Waals surface area contributed by atoms with Crippen molar-refractivity contribution in [3.05, 3.63) is 10.5 Å². The monoisotopic (exact) mass is 280 g/mol. The van der Waals surface area contributed by atoms with Gasteiger partial charge >= 0.3 is 5.69 Å². The highest BCUT2D eigenvalue weighted by atomic mass is 32.2. The van der Waals surface area contributed by atoms with Gasteiger partial charge < -0.3 is 0 Å². The Bertz CT molecular complexity index is 501. The summed E-state index contributed by atoms with van der Waals surface area (Å²) in [5.74, 6) is 0.0781. The first-order chi connectivity index (χ1) is 9.26. The second-order valence-electron chi connectivity index (χ2n) is 4.99. The van der Waals surface area contributed by atoms with Crippen LogP contribution in [0.3, 0.4) is 0 Å². The highest BCUT2D eigenvalue weighted by Gasteiger charge is 2.26. The zero-order valence-corrected chi connectivity index (χ0v) is 12.1. The lowest BCUT2D eigenvalue weighted by Gasteiger charge is -2.17. The van der Waals surface area contributed by atoms with Crippen molar-refractivity contribution >= 4 is 11.8 Å². The van der Waals surface area contributed by atoms with Crippen LogP contribution in [0.25, 0.3) is 0 Å². The minimum absolute atomic E-state index is 0.0781. The van der Waals surface area contributed by atoms with E-state index in [1.165, 1.54) is 6.42 Å². The Labute approximate surface area is 117 Å². The van der Waals surface area contributed by atoms with Gasteiger partial charge in [0.2, 0.25) is 0 Å². The number of hydrogen-bond donors (Lipinski definition) is 1. The van der Waals surface area contributed by atoms with Crippen LogP contribution in [0.1, 0.15) is 45.4 Å². The van der Waals surface area contributed by atoms with E-state index in [1.54, 1.807) is 16.3 Å². The Balaban J connectivity index is 2.14. The van der Waals surface area contributed by atoms with Crippen LogP contribution in [0.2, 0.25) is 0 Å². The van der Waals surface area contributed by atoms with Crippen LogP contribution in [0.15, 0.2) is 9.95 Å². The molecule has 1 aromatic heterocycles. The van der Waals surface area contributed by atoms with Gasteiger partial charge in [-0.1, -0.05) is 37.9 Å². The topological polar surface area (TPSA) is 74.5 Å². The molecule has 6 heteroatoms. The van der Waals surface area contributed by atoms with Crippen LogP contribution in [0.5, 0.6) is 0 Å². The fraction of sp³-hybridized carbons (Fsp3) is 0.769. The summed E-state index contributed by atoms with van der Waals surface area (Å²) >= 11 is 1.60. The largest absolute Gasteiger partial charge is 0.343 e. The van der Waals surface area contributed by atoms with Crippen LogP contribution < -0.4 is 5.69 Å². The maximum absolute atomic E-state index is 11.7. The molecule has 1 fully saturated rings. The fourth-order valence-electron chi connectivity index (χ4n) is 2.51. The maximum Gasteiger partial charge on any atom is 0.343 e. The molecule has 1 N–H and O–H groups in total. The third kappa shape index (κ3) is 3.41. The van der Waals surface area contributed by atoms with E-state index in [1.807, 2.05) is 6.92 Å². The van der Waals surface area contributed by atoms with Crippen molar-refractivity contribution in [3.63, 3.8) is 0 Å². The summed E-state index contributed by atoms with van der Waals surface area (Å²) in [7, 11) is 0. The predicted molar refractivity (Wildman–Crippen MR) is 75.0 cm³/mol. The average Bonchev–Trinajstić information content (AvgIpc) is 2.64. The van der Waals surface area contributed by atoms with Crippen LogP contribution in [-0.2, 0) is 6.54 Å². The highest BCUT2D eigenvalue weighted by Crippen LogP contribution is 2.35. The van der Waals surface area contributed by atoms with Gasteiger partial charge in [0, 0.05) is 11.8 Å². The smallest absolute Gasteiger partial charge is 0.270 e. The zero-order chi connectivity index (χ0) is 13.7. The van der Waals surface area contributed by atoms with Gasteiger partial charge in [0.1, 0.15) is 0 Å². The van der Waals surface area contributed by atoms with Crippen LogP contribution in [-0.4, -0.2) is 20.0 Å². The summed E-state index contributed by atoms with van der Waals surface area (Å²) in [6, 6.07) is 2.43. The molecule has 1 aliphatic rings. The van der Waals surface area contributed by atoms with E-state index in [0.717, 1.165) is 37.3 Å². The molecule has 2 atom stereocenters. The zero-order valence-electron chi connectivity index (χ0n) is 11.3. The van der Waals surface area contributed by atoms with E-state index in [-0.39, 0.29) is 16.9 Å². The van der Waals surface area contributed by atoms with Gasteiger partial charge in [0.05, 0.1) is 12.0 Å². The number of rotatable bonds is 4. The van der Waals surface area contributed by atoms with Crippen molar-refractivity contribution < 1.29 is 0 Å². The molecule has 5 nitrogen and oxygen atoms in total. The summed E-state index contributed by atoms with van der Waals surface area (Å²) in [5, 5.41) is 16.9. The second kappa shape index (κ2) is 6.80. The van der Waals surface area contributed by atoms with Gasteiger partial charge in [-0.15, -0.1) is 5.10 Å². The minimum atomic E-state index is -0.147. The highest BCUT2D eigenvalue weighted by molar-refractivity contribution is 7.99. The summed E-state index contributed by atoms with van der Waals surface area (Å²) in [4.78, 5) is 11.7. The first kappa shape index (κ1) is 14.2. The first-order valence-electron chi connectivity index (χ1n) is 6.97. The molecule has 0 bridgehead atoms. The summed E-state index contributed by atoms with van der Waals surface area (Å²) in [6.07, 6.45) is 6.42. The minimum Gasteiger partial charge on any atom is -0.270 e. The lowest BCUT2D eigenvalue weighted by Crippen LogP contribution is -2.19. The van der Waals surface area contributed by atoms with Gasteiger partial charge in [-0.25, -0.2) is 9.89 Å². The molecule has 0 spiro atoms. The molecule has 0 aromatic carbocycles. The van der Waals surface area contributed by atoms with Gasteiger partial charge in [0.25, 0.3) is 0 Å². The van der Waals surface area contributed by atoms with Gasteiger partial charge in [-0.2, -0.15) is 5.26 Å². The summed E-state index contributed by atoms with van der Waals surface area (Å²) in [5.41, 5.74) is -0.147. The number of aromatic nitrogens is 3. The van der Waals surface area contributed by atoms with Crippen molar-refractivity contribution in [1.29, 1.82) is 5.26 Å². The fourth-order valence-corrected chi connectivity index (χ4v) is 3.83. The summed E-state index contributed by atoms with van der Waals surface area (Å²) < 4.78 is 1.68. The lowest BCUT2D eigenvalue weighted by atomic mass is 10.0. The standard InChI is InChI=1S/C13H20N4OS/c1-2-8-17-12(18)15-16-13(17)19-11-7-5-3-4-6-10(11)9-14/h10-11H,2-8H2,1H3,(H,15,18). The van der Waals surface area contributed by atoms with Crippen molar-refractivity contribution in [1.82, 2.24) is 14.8 Å². The molecule has 1 aliphatic carbocycles. The van der Waals surface area contributed by atoms with E-state index >= 15 is 0 Å². The molecule has 1 aromatic rings. The Hall–Kier alpha value is -1.22. The van der Waals surface area contributed by atoms with Gasteiger partial charge in [-0.3, -0.25) is 4.57 Å². The molecule has 2 rings (SSSR count). The molecule has 1 heterocycles. The number of hydrogen-bond acceptors (Lipinski definition) is 4. The average molecular weight is 280 g/mol. The van der Waals surface area contributed by atoms with Gasteiger partial charge in [-0.05, 0) is 19.3 Å². The van der Waals surface area contributed by atoms with Crippen molar-refractivity contribution in [2.24, 2.45) is 5.92 Å². The number of nitriles is 1. The molecule has 0 aliphatic heterocycles. The van der Waals surface area contributed by atoms with E-state index in [2.05, 4.69) is 16.3 Å². The molecule has 0 radical (unpaired) electrons. The van der Waals surface area contributed by atoms with Crippen LogP contribution in [0.4, 0.5) is 0 Å². The van der Waals surface area contributed by atoms with Gasteiger partial charge in [0.15, 0.2) is 5.16 Å².